The molecule has 3 rings (SSSR count). The molecule has 1 unspecified atom stereocenters. The number of ether oxygens (including phenoxy) is 2. The van der Waals surface area contributed by atoms with Gasteiger partial charge in [-0.25, -0.2) is 0 Å². The number of carbonyl (C=O) groups is 1. The molecule has 1 N–H and O–H groups in total. The number of aromatic nitrogens is 1. The number of rotatable bonds is 6. The molecule has 1 heterocycles. The lowest BCUT2D eigenvalue weighted by atomic mass is 10.0. The fourth-order valence-corrected chi connectivity index (χ4v) is 3.95. The maximum atomic E-state index is 13.3. The van der Waals surface area contributed by atoms with E-state index in [9.17, 15) is 9.59 Å². The Morgan fingerprint density at radius 2 is 1.77 bits per heavy atom. The van der Waals surface area contributed by atoms with E-state index in [1.165, 1.54) is 0 Å². The molecule has 6 heteroatoms. The first-order chi connectivity index (χ1) is 14.3. The average Bonchev–Trinajstić information content (AvgIpc) is 2.71. The van der Waals surface area contributed by atoms with Gasteiger partial charge in [0.15, 0.2) is 0 Å². The number of hydrogen-bond acceptors (Lipinski definition) is 4. The molecule has 0 bridgehead atoms. The van der Waals surface area contributed by atoms with Gasteiger partial charge in [0.1, 0.15) is 17.5 Å². The summed E-state index contributed by atoms with van der Waals surface area (Å²) < 4.78 is 12.2. The summed E-state index contributed by atoms with van der Waals surface area (Å²) >= 11 is 0. The molecule has 2 aromatic carbocycles. The van der Waals surface area contributed by atoms with Crippen LogP contribution in [0.5, 0.6) is 11.5 Å². The first-order valence-electron chi connectivity index (χ1n) is 9.96. The van der Waals surface area contributed by atoms with Gasteiger partial charge in [-0.3, -0.25) is 14.2 Å². The summed E-state index contributed by atoms with van der Waals surface area (Å²) in [6.45, 7) is 7.82. The van der Waals surface area contributed by atoms with Crippen LogP contribution >= 0.6 is 0 Å². The molecule has 0 spiro atoms. The van der Waals surface area contributed by atoms with Gasteiger partial charge in [-0.1, -0.05) is 18.6 Å². The van der Waals surface area contributed by atoms with Crippen molar-refractivity contribution >= 4 is 22.5 Å². The van der Waals surface area contributed by atoms with Crippen molar-refractivity contribution in [1.29, 1.82) is 0 Å². The zero-order valence-electron chi connectivity index (χ0n) is 18.3. The van der Waals surface area contributed by atoms with Crippen LogP contribution < -0.4 is 20.3 Å². The summed E-state index contributed by atoms with van der Waals surface area (Å²) in [7, 11) is 3.10. The molecule has 0 saturated heterocycles. The van der Waals surface area contributed by atoms with Crippen LogP contribution in [0.25, 0.3) is 10.9 Å². The van der Waals surface area contributed by atoms with Crippen molar-refractivity contribution in [1.82, 2.24) is 4.57 Å². The quantitative estimate of drug-likeness (QED) is 0.650. The van der Waals surface area contributed by atoms with E-state index in [1.807, 2.05) is 33.8 Å². The highest BCUT2D eigenvalue weighted by Crippen LogP contribution is 2.31. The van der Waals surface area contributed by atoms with E-state index in [2.05, 4.69) is 11.4 Å². The van der Waals surface area contributed by atoms with E-state index < -0.39 is 6.04 Å². The van der Waals surface area contributed by atoms with E-state index in [0.717, 1.165) is 27.6 Å². The van der Waals surface area contributed by atoms with Crippen LogP contribution in [-0.4, -0.2) is 24.7 Å². The summed E-state index contributed by atoms with van der Waals surface area (Å²) in [5.74, 6) is 0.839. The Labute approximate surface area is 176 Å². The molecular weight excluding hydrogens is 380 g/mol. The molecule has 6 nitrogen and oxygen atoms in total. The molecule has 30 heavy (non-hydrogen) atoms. The summed E-state index contributed by atoms with van der Waals surface area (Å²) in [4.78, 5) is 26.3. The van der Waals surface area contributed by atoms with Crippen LogP contribution in [0, 0.1) is 20.8 Å². The Hall–Kier alpha value is -3.28. The second-order valence-corrected chi connectivity index (χ2v) is 7.49. The van der Waals surface area contributed by atoms with Crippen LogP contribution in [0.4, 0.5) is 5.69 Å². The molecule has 0 radical (unpaired) electrons. The predicted octanol–water partition coefficient (Wildman–Crippen LogP) is 4.53. The minimum absolute atomic E-state index is 0.188. The van der Waals surface area contributed by atoms with Crippen molar-refractivity contribution < 1.29 is 14.3 Å². The predicted molar refractivity (Wildman–Crippen MR) is 120 cm³/mol. The number of methoxy groups -OCH3 is 2. The van der Waals surface area contributed by atoms with Gasteiger partial charge in [0, 0.05) is 17.5 Å². The van der Waals surface area contributed by atoms with Gasteiger partial charge in [-0.05, 0) is 56.5 Å². The topological polar surface area (TPSA) is 69.6 Å². The summed E-state index contributed by atoms with van der Waals surface area (Å²) in [5.41, 5.74) is 4.10. The van der Waals surface area contributed by atoms with Crippen molar-refractivity contribution in [2.24, 2.45) is 0 Å². The molecule has 0 aliphatic rings. The number of aryl methyl sites for hydroxylation is 3. The molecule has 0 saturated carbocycles. The number of nitrogens with one attached hydrogen (secondary N) is 1. The third-order valence-corrected chi connectivity index (χ3v) is 5.35. The van der Waals surface area contributed by atoms with Crippen molar-refractivity contribution in [3.63, 3.8) is 0 Å². The molecule has 1 aromatic heterocycles. The highest BCUT2D eigenvalue weighted by molar-refractivity contribution is 5.97. The van der Waals surface area contributed by atoms with Crippen LogP contribution in [0.15, 0.2) is 41.2 Å². The first-order valence-corrected chi connectivity index (χ1v) is 9.96. The Bertz CT molecular complexity index is 1160. The molecule has 0 aliphatic heterocycles. The van der Waals surface area contributed by atoms with Crippen LogP contribution in [0.3, 0.4) is 0 Å². The van der Waals surface area contributed by atoms with Gasteiger partial charge in [-0.15, -0.1) is 0 Å². The normalized spacial score (nSPS) is 11.9. The highest BCUT2D eigenvalue weighted by Gasteiger charge is 2.24. The van der Waals surface area contributed by atoms with Crippen molar-refractivity contribution in [2.75, 3.05) is 19.5 Å². The second kappa shape index (κ2) is 8.61. The fraction of sp³-hybridized carbons (Fsp3) is 0.333. The summed E-state index contributed by atoms with van der Waals surface area (Å²) in [6.07, 6.45) is 0.462. The van der Waals surface area contributed by atoms with Crippen molar-refractivity contribution in [2.45, 2.75) is 40.2 Å². The van der Waals surface area contributed by atoms with E-state index in [0.29, 0.717) is 23.6 Å². The zero-order chi connectivity index (χ0) is 22.0. The number of benzene rings is 2. The zero-order valence-corrected chi connectivity index (χ0v) is 18.3. The van der Waals surface area contributed by atoms with Gasteiger partial charge in [0.05, 0.1) is 25.4 Å². The highest BCUT2D eigenvalue weighted by atomic mass is 16.5. The minimum Gasteiger partial charge on any atom is -0.497 e. The van der Waals surface area contributed by atoms with E-state index >= 15 is 0 Å². The average molecular weight is 408 g/mol. The minimum atomic E-state index is -0.669. The lowest BCUT2D eigenvalue weighted by Crippen LogP contribution is -2.33. The number of amides is 1. The van der Waals surface area contributed by atoms with E-state index in [4.69, 9.17) is 9.47 Å². The number of fused-ring (bicyclic) bond motifs is 1. The van der Waals surface area contributed by atoms with Crippen LogP contribution in [0.2, 0.25) is 0 Å². The third-order valence-electron chi connectivity index (χ3n) is 5.35. The van der Waals surface area contributed by atoms with Gasteiger partial charge < -0.3 is 14.8 Å². The molecule has 1 amide bonds. The van der Waals surface area contributed by atoms with Crippen molar-refractivity contribution in [3.8, 4) is 11.5 Å². The molecule has 0 aliphatic carbocycles. The maximum Gasteiger partial charge on any atom is 0.252 e. The number of carbonyl (C=O) groups excluding carboxylic acids is 1. The maximum absolute atomic E-state index is 13.3. The van der Waals surface area contributed by atoms with E-state index in [-0.39, 0.29) is 11.5 Å². The molecule has 158 valence electrons. The van der Waals surface area contributed by atoms with Gasteiger partial charge in [-0.2, -0.15) is 0 Å². The Morgan fingerprint density at radius 3 is 2.40 bits per heavy atom. The number of hydrogen-bond donors (Lipinski definition) is 1. The lowest BCUT2D eigenvalue weighted by molar-refractivity contribution is -0.119. The Balaban J connectivity index is 2.12. The Kier molecular flexibility index (Phi) is 6.15. The molecule has 1 atom stereocenters. The number of anilines is 1. The largest absolute Gasteiger partial charge is 0.497 e. The summed E-state index contributed by atoms with van der Waals surface area (Å²) in [5, 5.41) is 3.90. The van der Waals surface area contributed by atoms with Crippen molar-refractivity contribution in [3.05, 3.63) is 63.4 Å². The van der Waals surface area contributed by atoms with Crippen LogP contribution in [-0.2, 0) is 4.79 Å². The van der Waals surface area contributed by atoms with Gasteiger partial charge >= 0.3 is 0 Å². The van der Waals surface area contributed by atoms with Crippen LogP contribution in [0.1, 0.15) is 36.1 Å². The second-order valence-electron chi connectivity index (χ2n) is 7.49. The summed E-state index contributed by atoms with van der Waals surface area (Å²) in [6, 6.07) is 10.2. The number of pyridine rings is 1. The molecule has 0 fully saturated rings. The van der Waals surface area contributed by atoms with Gasteiger partial charge in [0.25, 0.3) is 5.56 Å². The van der Waals surface area contributed by atoms with Gasteiger partial charge in [0.2, 0.25) is 5.91 Å². The SMILES string of the molecule is CCC(C(=O)Nc1cc(OC)ccc1OC)n1c(=O)cc(C)c2cc(C)cc(C)c21. The molecule has 3 aromatic rings. The van der Waals surface area contributed by atoms with E-state index in [1.54, 1.807) is 43.1 Å². The third kappa shape index (κ3) is 3.90. The lowest BCUT2D eigenvalue weighted by Gasteiger charge is -2.23. The fourth-order valence-electron chi connectivity index (χ4n) is 3.95. The standard InChI is InChI=1S/C24H28N2O4/c1-7-20(24(28)25-19-13-17(29-5)8-9-21(19)30-6)26-22(27)12-15(3)18-11-14(2)10-16(4)23(18)26/h8-13,20H,7H2,1-6H3,(H,25,28). The Morgan fingerprint density at radius 1 is 1.03 bits per heavy atom. The number of nitrogens with zero attached hydrogens (tertiary/aromatic N) is 1. The monoisotopic (exact) mass is 408 g/mol. The molecular formula is C24H28N2O4. The smallest absolute Gasteiger partial charge is 0.252 e. The first kappa shape index (κ1) is 21.4.